The molecule has 186 valence electrons. The third-order valence-corrected chi connectivity index (χ3v) is 14.0. The SMILES string of the molecule is CC1(C)CC[C@@]23CC[C@]4(C)[C@H](CC[C@@H]5[C@@]6(C)CC[C@H](O)C(C)(C)[C@@H]6CC[C@]54C)[C@H]2[C@H]1OC3=O. The van der Waals surface area contributed by atoms with Gasteiger partial charge in [-0.05, 0) is 104 Å². The summed E-state index contributed by atoms with van der Waals surface area (Å²) in [6.45, 7) is 17.3. The summed E-state index contributed by atoms with van der Waals surface area (Å²) < 4.78 is 6.28. The molecule has 5 aliphatic carbocycles. The van der Waals surface area contributed by atoms with Crippen molar-refractivity contribution in [2.45, 2.75) is 125 Å². The maximum absolute atomic E-state index is 13.3. The van der Waals surface area contributed by atoms with Crippen LogP contribution in [0.1, 0.15) is 113 Å². The van der Waals surface area contributed by atoms with Gasteiger partial charge >= 0.3 is 5.97 Å². The predicted octanol–water partition coefficient (Wildman–Crippen LogP) is 6.76. The van der Waals surface area contributed by atoms with Gasteiger partial charge in [-0.1, -0.05) is 48.5 Å². The smallest absolute Gasteiger partial charge is 0.312 e. The molecule has 2 bridgehead atoms. The Bertz CT molecular complexity index is 876. The second-order valence-electron chi connectivity index (χ2n) is 15.5. The summed E-state index contributed by atoms with van der Waals surface area (Å²) in [5, 5.41) is 10.9. The Morgan fingerprint density at radius 3 is 2.18 bits per heavy atom. The van der Waals surface area contributed by atoms with E-state index in [2.05, 4.69) is 48.5 Å². The number of carbonyl (C=O) groups is 1. The van der Waals surface area contributed by atoms with Crippen molar-refractivity contribution in [3.8, 4) is 0 Å². The van der Waals surface area contributed by atoms with Crippen molar-refractivity contribution in [1.29, 1.82) is 0 Å². The molecule has 6 rings (SSSR count). The van der Waals surface area contributed by atoms with Crippen molar-refractivity contribution < 1.29 is 14.6 Å². The zero-order valence-electron chi connectivity index (χ0n) is 22.3. The molecule has 1 N–H and O–H groups in total. The van der Waals surface area contributed by atoms with Crippen LogP contribution >= 0.6 is 0 Å². The minimum Gasteiger partial charge on any atom is -0.461 e. The van der Waals surface area contributed by atoms with Crippen molar-refractivity contribution in [2.75, 3.05) is 0 Å². The van der Waals surface area contributed by atoms with E-state index in [1.165, 1.54) is 38.5 Å². The van der Waals surface area contributed by atoms with Crippen LogP contribution in [0.25, 0.3) is 0 Å². The van der Waals surface area contributed by atoms with Crippen molar-refractivity contribution in [2.24, 2.45) is 56.2 Å². The lowest BCUT2D eigenvalue weighted by atomic mass is 9.31. The molecule has 0 aromatic heterocycles. The normalized spacial score (nSPS) is 58.4. The van der Waals surface area contributed by atoms with Crippen LogP contribution in [0.2, 0.25) is 0 Å². The summed E-state index contributed by atoms with van der Waals surface area (Å²) in [6.07, 6.45) is 11.6. The van der Waals surface area contributed by atoms with Gasteiger partial charge in [-0.15, -0.1) is 0 Å². The van der Waals surface area contributed by atoms with Crippen LogP contribution in [0, 0.1) is 56.2 Å². The Hall–Kier alpha value is -0.570. The van der Waals surface area contributed by atoms with Crippen LogP contribution in [0.5, 0.6) is 0 Å². The Morgan fingerprint density at radius 1 is 0.758 bits per heavy atom. The van der Waals surface area contributed by atoms with Gasteiger partial charge in [-0.2, -0.15) is 0 Å². The second-order valence-corrected chi connectivity index (χ2v) is 15.5. The maximum Gasteiger partial charge on any atom is 0.312 e. The quantitative estimate of drug-likeness (QED) is 0.409. The fourth-order valence-electron chi connectivity index (χ4n) is 11.8. The number of hydrogen-bond acceptors (Lipinski definition) is 3. The van der Waals surface area contributed by atoms with Crippen molar-refractivity contribution >= 4 is 5.97 Å². The largest absolute Gasteiger partial charge is 0.461 e. The number of aliphatic hydroxyl groups excluding tert-OH is 1. The van der Waals surface area contributed by atoms with E-state index in [1.807, 2.05) is 0 Å². The number of esters is 1. The maximum atomic E-state index is 13.3. The predicted molar refractivity (Wildman–Crippen MR) is 130 cm³/mol. The number of aliphatic hydroxyl groups is 1. The Labute approximate surface area is 201 Å². The molecule has 0 aromatic rings. The molecule has 3 heteroatoms. The van der Waals surface area contributed by atoms with E-state index in [0.717, 1.165) is 31.6 Å². The van der Waals surface area contributed by atoms with Gasteiger partial charge in [-0.3, -0.25) is 4.79 Å². The first-order chi connectivity index (χ1) is 15.2. The lowest BCUT2D eigenvalue weighted by Gasteiger charge is -2.73. The molecular weight excluding hydrogens is 408 g/mol. The molecule has 10 atom stereocenters. The zero-order chi connectivity index (χ0) is 23.8. The Balaban J connectivity index is 1.41. The standard InChI is InChI=1S/C30H48O3/c1-25(2)14-16-30-17-15-28(6)18(22(30)23(25)33-24(30)32)8-9-20-27(5)12-11-21(31)26(3,4)19(27)10-13-29(20,28)7/h18-23,31H,8-17H2,1-7H3/t18-,19+,20-,21+,22+,23-,27+,28-,29-,30-/m1/s1. The first-order valence-electron chi connectivity index (χ1n) is 14.1. The number of carbonyl (C=O) groups excluding carboxylic acids is 1. The summed E-state index contributed by atoms with van der Waals surface area (Å²) in [4.78, 5) is 13.3. The Kier molecular flexibility index (Phi) is 4.44. The van der Waals surface area contributed by atoms with Gasteiger partial charge in [0.15, 0.2) is 0 Å². The van der Waals surface area contributed by atoms with Crippen LogP contribution in [0.4, 0.5) is 0 Å². The first-order valence-corrected chi connectivity index (χ1v) is 14.1. The van der Waals surface area contributed by atoms with Crippen molar-refractivity contribution in [1.82, 2.24) is 0 Å². The van der Waals surface area contributed by atoms with E-state index in [0.29, 0.717) is 28.6 Å². The summed E-state index contributed by atoms with van der Waals surface area (Å²) in [5.41, 5.74) is 0.823. The summed E-state index contributed by atoms with van der Waals surface area (Å²) in [6, 6.07) is 0. The molecule has 0 spiro atoms. The lowest BCUT2D eigenvalue weighted by Crippen LogP contribution is -2.67. The van der Waals surface area contributed by atoms with Crippen LogP contribution in [0.15, 0.2) is 0 Å². The highest BCUT2D eigenvalue weighted by Crippen LogP contribution is 2.78. The van der Waals surface area contributed by atoms with Gasteiger partial charge in [0.2, 0.25) is 0 Å². The molecule has 0 radical (unpaired) electrons. The van der Waals surface area contributed by atoms with Gasteiger partial charge < -0.3 is 9.84 Å². The van der Waals surface area contributed by atoms with Crippen LogP contribution < -0.4 is 0 Å². The molecule has 0 amide bonds. The first kappa shape index (κ1) is 22.9. The number of fused-ring (bicyclic) bond motifs is 5. The highest BCUT2D eigenvalue weighted by molar-refractivity contribution is 5.81. The molecule has 3 nitrogen and oxygen atoms in total. The summed E-state index contributed by atoms with van der Waals surface area (Å²) in [7, 11) is 0. The summed E-state index contributed by atoms with van der Waals surface area (Å²) in [5.74, 6) is 2.50. The highest BCUT2D eigenvalue weighted by Gasteiger charge is 2.75. The number of ether oxygens (including phenoxy) is 1. The fraction of sp³-hybridized carbons (Fsp3) is 0.967. The van der Waals surface area contributed by atoms with Gasteiger partial charge in [0.25, 0.3) is 0 Å². The topological polar surface area (TPSA) is 46.5 Å². The third-order valence-electron chi connectivity index (χ3n) is 14.0. The number of rotatable bonds is 0. The second kappa shape index (κ2) is 6.40. The van der Waals surface area contributed by atoms with Crippen LogP contribution in [0.3, 0.4) is 0 Å². The van der Waals surface area contributed by atoms with E-state index < -0.39 is 0 Å². The van der Waals surface area contributed by atoms with Crippen LogP contribution in [-0.4, -0.2) is 23.3 Å². The van der Waals surface area contributed by atoms with E-state index in [1.54, 1.807) is 0 Å². The molecule has 1 aliphatic heterocycles. The monoisotopic (exact) mass is 456 g/mol. The Morgan fingerprint density at radius 2 is 1.45 bits per heavy atom. The van der Waals surface area contributed by atoms with Gasteiger partial charge in [0.1, 0.15) is 6.10 Å². The van der Waals surface area contributed by atoms with Gasteiger partial charge in [-0.25, -0.2) is 0 Å². The molecule has 1 heterocycles. The van der Waals surface area contributed by atoms with E-state index >= 15 is 0 Å². The van der Waals surface area contributed by atoms with E-state index in [9.17, 15) is 9.90 Å². The molecular formula is C30H48O3. The van der Waals surface area contributed by atoms with Crippen molar-refractivity contribution in [3.63, 3.8) is 0 Å². The van der Waals surface area contributed by atoms with E-state index in [4.69, 9.17) is 4.74 Å². The zero-order valence-corrected chi connectivity index (χ0v) is 22.3. The fourth-order valence-corrected chi connectivity index (χ4v) is 11.8. The molecule has 0 aromatic carbocycles. The van der Waals surface area contributed by atoms with E-state index in [-0.39, 0.29) is 39.8 Å². The lowest BCUT2D eigenvalue weighted by molar-refractivity contribution is -0.252. The molecule has 1 saturated heterocycles. The number of hydrogen-bond donors (Lipinski definition) is 1. The summed E-state index contributed by atoms with van der Waals surface area (Å²) >= 11 is 0. The minimum atomic E-state index is -0.189. The van der Waals surface area contributed by atoms with Crippen LogP contribution in [-0.2, 0) is 9.53 Å². The highest BCUT2D eigenvalue weighted by atomic mass is 16.6. The molecule has 5 saturated carbocycles. The van der Waals surface area contributed by atoms with Gasteiger partial charge in [0.05, 0.1) is 11.5 Å². The molecule has 6 fully saturated rings. The average molecular weight is 457 g/mol. The third kappa shape index (κ3) is 2.45. The molecule has 33 heavy (non-hydrogen) atoms. The molecule has 6 aliphatic rings. The van der Waals surface area contributed by atoms with Gasteiger partial charge in [0, 0.05) is 11.3 Å². The average Bonchev–Trinajstić information content (AvgIpc) is 2.99. The van der Waals surface area contributed by atoms with Crippen molar-refractivity contribution in [3.05, 3.63) is 0 Å². The minimum absolute atomic E-state index is 0.00939. The molecule has 0 unspecified atom stereocenters.